The first-order valence-corrected chi connectivity index (χ1v) is 18.7. The molecule has 51 heavy (non-hydrogen) atoms. The normalized spacial score (nSPS) is 29.5. The molecule has 4 N–H and O–H groups in total. The van der Waals surface area contributed by atoms with Gasteiger partial charge >= 0.3 is 0 Å². The number of nitrogens with two attached hydrogens (primary N) is 1. The molecule has 4 aliphatic rings. The van der Waals surface area contributed by atoms with Crippen molar-refractivity contribution in [2.24, 2.45) is 17.8 Å². The summed E-state index contributed by atoms with van der Waals surface area (Å²) in [5, 5.41) is 7.49. The monoisotopic (exact) mass is 763 g/mol. The summed E-state index contributed by atoms with van der Waals surface area (Å²) in [6.07, 6.45) is 14.2. The van der Waals surface area contributed by atoms with E-state index in [1.807, 2.05) is 38.1 Å². The van der Waals surface area contributed by atoms with Gasteiger partial charge in [-0.15, -0.1) is 0 Å². The Morgan fingerprint density at radius 1 is 1.16 bits per heavy atom. The Bertz CT molecular complexity index is 1790. The maximum atomic E-state index is 12.6. The highest BCUT2D eigenvalue weighted by atomic mass is 79.9. The van der Waals surface area contributed by atoms with E-state index < -0.39 is 5.79 Å². The van der Waals surface area contributed by atoms with Crippen LogP contribution < -0.4 is 16.4 Å². The van der Waals surface area contributed by atoms with Gasteiger partial charge in [-0.05, 0) is 88.9 Å². The van der Waals surface area contributed by atoms with E-state index in [0.717, 1.165) is 59.3 Å². The molecule has 3 fully saturated rings. The first-order chi connectivity index (χ1) is 24.5. The Morgan fingerprint density at radius 3 is 2.73 bits per heavy atom. The zero-order valence-corrected chi connectivity index (χ0v) is 31.6. The number of ether oxygens (including phenoxy) is 4. The second-order valence-electron chi connectivity index (χ2n) is 14.9. The topological polar surface area (TPSA) is 138 Å². The van der Waals surface area contributed by atoms with Crippen molar-refractivity contribution in [3.63, 3.8) is 0 Å². The number of nitrogens with one attached hydrogen (secondary N) is 2. The number of nitrogen functional groups attached to an aromatic ring is 1. The Balaban J connectivity index is 0.960. The zero-order valence-electron chi connectivity index (χ0n) is 30.1. The minimum atomic E-state index is -0.652. The van der Waals surface area contributed by atoms with Gasteiger partial charge in [-0.25, -0.2) is 9.97 Å². The lowest BCUT2D eigenvalue weighted by Gasteiger charge is -2.42. The molecule has 13 heteroatoms. The van der Waals surface area contributed by atoms with Crippen molar-refractivity contribution in [3.05, 3.63) is 65.2 Å². The molecule has 7 rings (SSSR count). The summed E-state index contributed by atoms with van der Waals surface area (Å²) < 4.78 is 27.4. The van der Waals surface area contributed by atoms with E-state index in [1.54, 1.807) is 26.6 Å². The molecule has 1 aliphatic heterocycles. The number of methoxy groups -OCH3 is 2. The third-order valence-electron chi connectivity index (χ3n) is 11.1. The van der Waals surface area contributed by atoms with Gasteiger partial charge in [-0.1, -0.05) is 22.0 Å². The SMILES string of the molecule is COC1=CC(OC)C(CNc2ncnc3c2ccn3[C@@H]2C[C@H](CN(C)C3CC(CCC(=O)Nc4ccc(Br)cc4N)C3)[C@H]3OC(C)(C)O[C@H]32)C=C1. The quantitative estimate of drug-likeness (QED) is 0.175. The lowest BCUT2D eigenvalue weighted by Crippen LogP contribution is -2.46. The molecule has 3 aromatic rings. The lowest BCUT2D eigenvalue weighted by molar-refractivity contribution is -0.161. The Hall–Kier alpha value is -3.49. The van der Waals surface area contributed by atoms with Crippen LogP contribution in [0.25, 0.3) is 11.0 Å². The Kier molecular flexibility index (Phi) is 10.5. The highest BCUT2D eigenvalue weighted by molar-refractivity contribution is 9.10. The molecule has 12 nitrogen and oxygen atoms in total. The van der Waals surface area contributed by atoms with Gasteiger partial charge in [0.05, 0.1) is 42.1 Å². The fraction of sp³-hybridized carbons (Fsp3) is 0.553. The summed E-state index contributed by atoms with van der Waals surface area (Å²) in [7, 11) is 5.61. The third kappa shape index (κ3) is 7.68. The number of anilines is 3. The van der Waals surface area contributed by atoms with Crippen LogP contribution >= 0.6 is 15.9 Å². The number of aromatic nitrogens is 3. The predicted octanol–water partition coefficient (Wildman–Crippen LogP) is 6.13. The third-order valence-corrected chi connectivity index (χ3v) is 11.6. The number of carbonyl (C=O) groups is 1. The highest BCUT2D eigenvalue weighted by Crippen LogP contribution is 2.48. The number of carbonyl (C=O) groups excluding carboxylic acids is 1. The van der Waals surface area contributed by atoms with Crippen molar-refractivity contribution < 1.29 is 23.7 Å². The predicted molar refractivity (Wildman–Crippen MR) is 201 cm³/mol. The van der Waals surface area contributed by atoms with Crippen LogP contribution in [-0.4, -0.2) is 89.8 Å². The lowest BCUT2D eigenvalue weighted by atomic mass is 9.76. The second kappa shape index (κ2) is 14.9. The van der Waals surface area contributed by atoms with E-state index in [9.17, 15) is 4.79 Å². The number of allylic oxidation sites excluding steroid dienone is 1. The van der Waals surface area contributed by atoms with E-state index in [4.69, 9.17) is 29.7 Å². The van der Waals surface area contributed by atoms with E-state index in [0.29, 0.717) is 42.2 Å². The average molecular weight is 765 g/mol. The molecule has 3 aliphatic carbocycles. The van der Waals surface area contributed by atoms with E-state index in [-0.39, 0.29) is 36.2 Å². The van der Waals surface area contributed by atoms with Crippen LogP contribution in [0, 0.1) is 17.8 Å². The van der Waals surface area contributed by atoms with Crippen molar-refractivity contribution in [2.45, 2.75) is 82.1 Å². The summed E-state index contributed by atoms with van der Waals surface area (Å²) >= 11 is 3.41. The number of nitrogens with zero attached hydrogens (tertiary/aromatic N) is 4. The molecule has 0 spiro atoms. The van der Waals surface area contributed by atoms with Crippen molar-refractivity contribution >= 4 is 50.1 Å². The van der Waals surface area contributed by atoms with Gasteiger partial charge in [0.1, 0.15) is 29.7 Å². The maximum absolute atomic E-state index is 12.6. The summed E-state index contributed by atoms with van der Waals surface area (Å²) in [5.74, 6) is 1.94. The van der Waals surface area contributed by atoms with Crippen LogP contribution in [0.5, 0.6) is 0 Å². The molecule has 6 atom stereocenters. The Morgan fingerprint density at radius 2 is 1.96 bits per heavy atom. The zero-order chi connectivity index (χ0) is 35.9. The van der Waals surface area contributed by atoms with Crippen LogP contribution in [0.2, 0.25) is 0 Å². The molecule has 0 radical (unpaired) electrons. The molecule has 2 unspecified atom stereocenters. The van der Waals surface area contributed by atoms with Gasteiger partial charge in [0, 0.05) is 55.2 Å². The summed E-state index contributed by atoms with van der Waals surface area (Å²) in [4.78, 5) is 24.5. The van der Waals surface area contributed by atoms with Crippen molar-refractivity contribution in [1.29, 1.82) is 0 Å². The van der Waals surface area contributed by atoms with E-state index in [1.165, 1.54) is 0 Å². The molecule has 1 aromatic carbocycles. The van der Waals surface area contributed by atoms with E-state index in [2.05, 4.69) is 66.4 Å². The molecule has 1 amide bonds. The molecular weight excluding hydrogens is 714 g/mol. The van der Waals surface area contributed by atoms with Crippen LogP contribution in [0.3, 0.4) is 0 Å². The van der Waals surface area contributed by atoms with Crippen molar-refractivity contribution in [2.75, 3.05) is 50.7 Å². The number of amides is 1. The van der Waals surface area contributed by atoms with Gasteiger partial charge in [0.15, 0.2) is 5.79 Å². The fourth-order valence-electron chi connectivity index (χ4n) is 8.34. The number of rotatable bonds is 13. The molecule has 0 bridgehead atoms. The molecule has 2 saturated carbocycles. The molecule has 2 aromatic heterocycles. The average Bonchev–Trinajstić information content (AvgIpc) is 3.75. The minimum Gasteiger partial charge on any atom is -0.497 e. The molecule has 3 heterocycles. The summed E-state index contributed by atoms with van der Waals surface area (Å²) in [6, 6.07) is 8.19. The maximum Gasteiger partial charge on any atom is 0.224 e. The Labute approximate surface area is 308 Å². The number of hydrogen-bond donors (Lipinski definition) is 3. The summed E-state index contributed by atoms with van der Waals surface area (Å²) in [5.41, 5.74) is 8.16. The van der Waals surface area contributed by atoms with Gasteiger partial charge in [0.25, 0.3) is 0 Å². The number of fused-ring (bicyclic) bond motifs is 2. The van der Waals surface area contributed by atoms with Crippen LogP contribution in [-0.2, 0) is 23.7 Å². The van der Waals surface area contributed by atoms with Crippen molar-refractivity contribution in [1.82, 2.24) is 19.4 Å². The van der Waals surface area contributed by atoms with Gasteiger partial charge in [0.2, 0.25) is 5.91 Å². The fourth-order valence-corrected chi connectivity index (χ4v) is 8.72. The van der Waals surface area contributed by atoms with Crippen LogP contribution in [0.15, 0.2) is 65.2 Å². The molecular formula is C38H50BrN7O5. The number of halogens is 1. The number of hydrogen-bond acceptors (Lipinski definition) is 10. The van der Waals surface area contributed by atoms with Gasteiger partial charge in [-0.3, -0.25) is 4.79 Å². The first kappa shape index (κ1) is 35.9. The molecule has 1 saturated heterocycles. The molecule has 274 valence electrons. The summed E-state index contributed by atoms with van der Waals surface area (Å²) in [6.45, 7) is 5.60. The van der Waals surface area contributed by atoms with Gasteiger partial charge < -0.3 is 44.8 Å². The largest absolute Gasteiger partial charge is 0.497 e. The minimum absolute atomic E-state index is 0.00940. The second-order valence-corrected chi connectivity index (χ2v) is 15.9. The first-order valence-electron chi connectivity index (χ1n) is 17.9. The van der Waals surface area contributed by atoms with Crippen molar-refractivity contribution in [3.8, 4) is 0 Å². The number of benzene rings is 1. The van der Waals surface area contributed by atoms with Gasteiger partial charge in [-0.2, -0.15) is 0 Å². The van der Waals surface area contributed by atoms with E-state index >= 15 is 0 Å². The van der Waals surface area contributed by atoms with Crippen LogP contribution in [0.1, 0.15) is 52.0 Å². The smallest absolute Gasteiger partial charge is 0.224 e. The van der Waals surface area contributed by atoms with Crippen LogP contribution in [0.4, 0.5) is 17.2 Å². The highest BCUT2D eigenvalue weighted by Gasteiger charge is 2.55. The standard InChI is InChI=1S/C38H50BrN7O5/c1-38(2)50-34-24(20-45(3)26-14-22(15-26)6-11-33(47)44-30-10-8-25(39)17-29(30)40)16-31(35(34)51-38)46-13-12-28-36(42-21-43-37(28)46)41-19-23-7-9-27(48-4)18-32(23)49-5/h7-10,12-13,17-18,21-24,26,31-32,34-35H,6,11,14-16,19-20,40H2,1-5H3,(H,44,47)(H,41,42,43)/t22?,23?,24-,26?,31-,32?,34-,35+/m1/s1.